The van der Waals surface area contributed by atoms with Crippen LogP contribution in [-0.4, -0.2) is 11.4 Å². The van der Waals surface area contributed by atoms with Crippen molar-refractivity contribution in [3.05, 3.63) is 28.8 Å². The Kier molecular flexibility index (Phi) is 2.53. The van der Waals surface area contributed by atoms with E-state index in [4.69, 9.17) is 0 Å². The summed E-state index contributed by atoms with van der Waals surface area (Å²) in [6, 6.07) is 3.58. The molecule has 0 aliphatic heterocycles. The molecule has 0 atom stereocenters. The lowest BCUT2D eigenvalue weighted by molar-refractivity contribution is 0.112. The van der Waals surface area contributed by atoms with Crippen molar-refractivity contribution < 1.29 is 9.90 Å². The van der Waals surface area contributed by atoms with Gasteiger partial charge in [0, 0.05) is 0 Å². The molecule has 0 aromatic heterocycles. The number of carbonyl (C=O) groups is 1. The number of carbonyl (C=O) groups excluding carboxylic acids is 1. The van der Waals surface area contributed by atoms with E-state index in [1.807, 2.05) is 6.07 Å². The maximum absolute atomic E-state index is 10.9. The number of phenols is 1. The summed E-state index contributed by atoms with van der Waals surface area (Å²) in [5, 5.41) is 9.53. The third-order valence-electron chi connectivity index (χ3n) is 2.92. The third-order valence-corrected chi connectivity index (χ3v) is 2.92. The Morgan fingerprint density at radius 3 is 2.71 bits per heavy atom. The van der Waals surface area contributed by atoms with Crippen molar-refractivity contribution in [1.29, 1.82) is 0 Å². The summed E-state index contributed by atoms with van der Waals surface area (Å²) in [6.07, 6.45) is 6.27. The molecule has 1 aromatic carbocycles. The van der Waals surface area contributed by atoms with Gasteiger partial charge in [0.25, 0.3) is 0 Å². The van der Waals surface area contributed by atoms with Gasteiger partial charge in [0.05, 0.1) is 5.56 Å². The Morgan fingerprint density at radius 1 is 1.14 bits per heavy atom. The normalized spacial score (nSPS) is 15.7. The zero-order valence-corrected chi connectivity index (χ0v) is 8.12. The van der Waals surface area contributed by atoms with Crippen LogP contribution < -0.4 is 0 Å². The number of benzene rings is 1. The van der Waals surface area contributed by atoms with Gasteiger partial charge in [-0.15, -0.1) is 0 Å². The third kappa shape index (κ3) is 1.52. The highest BCUT2D eigenvalue weighted by Crippen LogP contribution is 2.28. The molecule has 1 N–H and O–H groups in total. The molecule has 0 bridgehead atoms. The van der Waals surface area contributed by atoms with Crippen LogP contribution in [-0.2, 0) is 12.8 Å². The average Bonchev–Trinajstić information content (AvgIpc) is 2.42. The maximum Gasteiger partial charge on any atom is 0.154 e. The highest BCUT2D eigenvalue weighted by Gasteiger charge is 2.14. The Bertz CT molecular complexity index is 356. The van der Waals surface area contributed by atoms with Gasteiger partial charge in [0.1, 0.15) is 5.75 Å². The van der Waals surface area contributed by atoms with Crippen LogP contribution in [0.5, 0.6) is 5.75 Å². The minimum absolute atomic E-state index is 0.126. The van der Waals surface area contributed by atoms with Crippen LogP contribution >= 0.6 is 0 Å². The molecule has 0 fully saturated rings. The number of phenolic OH excluding ortho intramolecular Hbond substituents is 1. The molecule has 0 spiro atoms. The predicted molar refractivity (Wildman–Crippen MR) is 54.8 cm³/mol. The molecule has 1 aliphatic rings. The molecular formula is C12H14O2. The second-order valence-electron chi connectivity index (χ2n) is 3.81. The van der Waals surface area contributed by atoms with Gasteiger partial charge in [-0.1, -0.05) is 12.5 Å². The van der Waals surface area contributed by atoms with E-state index in [1.54, 1.807) is 6.07 Å². The Balaban J connectivity index is 2.53. The number of aryl methyl sites for hydroxylation is 1. The minimum atomic E-state index is 0.126. The summed E-state index contributed by atoms with van der Waals surface area (Å²) >= 11 is 0. The van der Waals surface area contributed by atoms with Gasteiger partial charge in [0.2, 0.25) is 0 Å². The van der Waals surface area contributed by atoms with E-state index in [1.165, 1.54) is 18.4 Å². The van der Waals surface area contributed by atoms with E-state index < -0.39 is 0 Å². The van der Waals surface area contributed by atoms with Gasteiger partial charge in [-0.2, -0.15) is 0 Å². The van der Waals surface area contributed by atoms with E-state index in [2.05, 4.69) is 0 Å². The summed E-state index contributed by atoms with van der Waals surface area (Å²) in [5.74, 6) is 0.126. The maximum atomic E-state index is 10.9. The van der Waals surface area contributed by atoms with Gasteiger partial charge in [-0.05, 0) is 42.9 Å². The summed E-state index contributed by atoms with van der Waals surface area (Å²) in [5.41, 5.74) is 2.81. The van der Waals surface area contributed by atoms with Gasteiger partial charge >= 0.3 is 0 Å². The first-order valence-electron chi connectivity index (χ1n) is 5.12. The minimum Gasteiger partial charge on any atom is -0.507 e. The van der Waals surface area contributed by atoms with E-state index in [-0.39, 0.29) is 5.75 Å². The van der Waals surface area contributed by atoms with Crippen LogP contribution in [0.25, 0.3) is 0 Å². The quantitative estimate of drug-likeness (QED) is 0.545. The number of aldehydes is 1. The van der Waals surface area contributed by atoms with Gasteiger partial charge < -0.3 is 5.11 Å². The first-order valence-corrected chi connectivity index (χ1v) is 5.12. The van der Waals surface area contributed by atoms with Crippen LogP contribution in [0.4, 0.5) is 0 Å². The van der Waals surface area contributed by atoms with E-state index in [0.29, 0.717) is 5.56 Å². The number of aromatic hydroxyl groups is 1. The lowest BCUT2D eigenvalue weighted by Gasteiger charge is -2.09. The predicted octanol–water partition coefficient (Wildman–Crippen LogP) is 2.47. The molecule has 2 rings (SSSR count). The number of hydrogen-bond donors (Lipinski definition) is 1. The van der Waals surface area contributed by atoms with Crippen molar-refractivity contribution in [1.82, 2.24) is 0 Å². The average molecular weight is 190 g/mol. The number of hydrogen-bond acceptors (Lipinski definition) is 2. The fraction of sp³-hybridized carbons (Fsp3) is 0.417. The summed E-state index contributed by atoms with van der Waals surface area (Å²) in [6.45, 7) is 0. The Labute approximate surface area is 83.6 Å². The van der Waals surface area contributed by atoms with Crippen LogP contribution in [0.1, 0.15) is 40.7 Å². The second kappa shape index (κ2) is 3.82. The van der Waals surface area contributed by atoms with Crippen molar-refractivity contribution in [3.8, 4) is 5.75 Å². The van der Waals surface area contributed by atoms with Crippen LogP contribution in [0.2, 0.25) is 0 Å². The lowest BCUT2D eigenvalue weighted by Crippen LogP contribution is -1.97. The molecule has 0 saturated heterocycles. The van der Waals surface area contributed by atoms with Crippen molar-refractivity contribution in [2.24, 2.45) is 0 Å². The summed E-state index contributed by atoms with van der Waals surface area (Å²) in [7, 11) is 0. The smallest absolute Gasteiger partial charge is 0.154 e. The molecule has 0 heterocycles. The van der Waals surface area contributed by atoms with Crippen LogP contribution in [0.15, 0.2) is 12.1 Å². The van der Waals surface area contributed by atoms with E-state index in [0.717, 1.165) is 31.1 Å². The SMILES string of the molecule is O=Cc1c(O)ccc2c1CCCCC2. The van der Waals surface area contributed by atoms with E-state index in [9.17, 15) is 9.90 Å². The molecule has 74 valence electrons. The van der Waals surface area contributed by atoms with E-state index >= 15 is 0 Å². The number of fused-ring (bicyclic) bond motifs is 1. The molecule has 2 nitrogen and oxygen atoms in total. The van der Waals surface area contributed by atoms with Crippen LogP contribution in [0.3, 0.4) is 0 Å². The fourth-order valence-corrected chi connectivity index (χ4v) is 2.15. The fourth-order valence-electron chi connectivity index (χ4n) is 2.15. The van der Waals surface area contributed by atoms with Gasteiger partial charge in [-0.3, -0.25) is 4.79 Å². The van der Waals surface area contributed by atoms with Crippen molar-refractivity contribution in [2.75, 3.05) is 0 Å². The van der Waals surface area contributed by atoms with Gasteiger partial charge in [0.15, 0.2) is 6.29 Å². The van der Waals surface area contributed by atoms with Crippen molar-refractivity contribution in [2.45, 2.75) is 32.1 Å². The molecule has 14 heavy (non-hydrogen) atoms. The lowest BCUT2D eigenvalue weighted by atomic mass is 9.97. The standard InChI is InChI=1S/C12H14O2/c13-8-11-10-5-3-1-2-4-9(10)6-7-12(11)14/h6-8,14H,1-5H2. The van der Waals surface area contributed by atoms with Crippen molar-refractivity contribution >= 4 is 6.29 Å². The van der Waals surface area contributed by atoms with Crippen LogP contribution in [0, 0.1) is 0 Å². The largest absolute Gasteiger partial charge is 0.507 e. The molecule has 0 radical (unpaired) electrons. The molecule has 1 aliphatic carbocycles. The first-order chi connectivity index (χ1) is 6.83. The monoisotopic (exact) mass is 190 g/mol. The molecule has 2 heteroatoms. The topological polar surface area (TPSA) is 37.3 Å². The highest BCUT2D eigenvalue weighted by atomic mass is 16.3. The van der Waals surface area contributed by atoms with Gasteiger partial charge in [-0.25, -0.2) is 0 Å². The summed E-state index contributed by atoms with van der Waals surface area (Å²) in [4.78, 5) is 10.9. The van der Waals surface area contributed by atoms with Crippen molar-refractivity contribution in [3.63, 3.8) is 0 Å². The molecule has 0 amide bonds. The zero-order chi connectivity index (χ0) is 9.97. The molecule has 0 saturated carbocycles. The molecule has 0 unspecified atom stereocenters. The Morgan fingerprint density at radius 2 is 1.93 bits per heavy atom. The number of rotatable bonds is 1. The second-order valence-corrected chi connectivity index (χ2v) is 3.81. The molecular weight excluding hydrogens is 176 g/mol. The Hall–Kier alpha value is -1.31. The molecule has 1 aromatic rings. The zero-order valence-electron chi connectivity index (χ0n) is 8.12. The highest BCUT2D eigenvalue weighted by molar-refractivity contribution is 5.82. The first kappa shape index (κ1) is 9.25. The summed E-state index contributed by atoms with van der Waals surface area (Å²) < 4.78 is 0.